The molecule has 18 heavy (non-hydrogen) atoms. The molecule has 0 saturated heterocycles. The van der Waals surface area contributed by atoms with Crippen molar-refractivity contribution in [1.82, 2.24) is 9.97 Å². The number of nitrogens with one attached hydrogen (secondary N) is 1. The minimum absolute atomic E-state index is 0.00569. The molecule has 2 aromatic rings. The van der Waals surface area contributed by atoms with E-state index >= 15 is 0 Å². The summed E-state index contributed by atoms with van der Waals surface area (Å²) in [5.41, 5.74) is 8.12. The second kappa shape index (κ2) is 5.54. The van der Waals surface area contributed by atoms with Crippen LogP contribution in [0.1, 0.15) is 22.9 Å². The largest absolute Gasteiger partial charge is 0.496 e. The number of hydrogen-bond acceptors (Lipinski definition) is 3. The third-order valence-electron chi connectivity index (χ3n) is 2.89. The number of H-pyrrole nitrogens is 1. The van der Waals surface area contributed by atoms with Crippen LogP contribution in [0.2, 0.25) is 0 Å². The van der Waals surface area contributed by atoms with Crippen molar-refractivity contribution in [2.45, 2.75) is 12.8 Å². The summed E-state index contributed by atoms with van der Waals surface area (Å²) in [6.07, 6.45) is 1.74. The quantitative estimate of drug-likeness (QED) is 0.912. The lowest BCUT2D eigenvalue weighted by molar-refractivity contribution is 0.407. The average molecular weight is 310 g/mol. The summed E-state index contributed by atoms with van der Waals surface area (Å²) < 4.78 is 6.25. The van der Waals surface area contributed by atoms with Crippen molar-refractivity contribution in [3.05, 3.63) is 46.0 Å². The van der Waals surface area contributed by atoms with E-state index in [1.807, 2.05) is 12.1 Å². The van der Waals surface area contributed by atoms with Crippen molar-refractivity contribution >= 4 is 15.9 Å². The summed E-state index contributed by atoms with van der Waals surface area (Å²) in [4.78, 5) is 7.50. The van der Waals surface area contributed by atoms with Crippen LogP contribution >= 0.6 is 15.9 Å². The number of imidazole rings is 1. The minimum atomic E-state index is 0.00569. The Labute approximate surface area is 115 Å². The monoisotopic (exact) mass is 309 g/mol. The topological polar surface area (TPSA) is 63.9 Å². The van der Waals surface area contributed by atoms with Crippen LogP contribution in [0.3, 0.4) is 0 Å². The molecule has 1 aromatic carbocycles. The maximum absolute atomic E-state index is 5.89. The van der Waals surface area contributed by atoms with Crippen LogP contribution < -0.4 is 10.5 Å². The highest BCUT2D eigenvalue weighted by atomic mass is 79.9. The molecule has 0 aliphatic carbocycles. The van der Waals surface area contributed by atoms with Gasteiger partial charge in [0.15, 0.2) is 0 Å². The van der Waals surface area contributed by atoms with Crippen LogP contribution in [0.5, 0.6) is 5.75 Å². The summed E-state index contributed by atoms with van der Waals surface area (Å²) >= 11 is 3.36. The predicted molar refractivity (Wildman–Crippen MR) is 74.9 cm³/mol. The Kier molecular flexibility index (Phi) is 4.04. The van der Waals surface area contributed by atoms with E-state index in [0.717, 1.165) is 21.7 Å². The zero-order chi connectivity index (χ0) is 13.1. The van der Waals surface area contributed by atoms with Crippen LogP contribution in [0.25, 0.3) is 0 Å². The van der Waals surface area contributed by atoms with Crippen LogP contribution in [-0.2, 0) is 0 Å². The van der Waals surface area contributed by atoms with Gasteiger partial charge in [-0.3, -0.25) is 0 Å². The Hall–Kier alpha value is -1.33. The molecule has 0 fully saturated rings. The molecule has 1 atom stereocenters. The molecule has 0 saturated carbocycles. The second-order valence-electron chi connectivity index (χ2n) is 4.15. The van der Waals surface area contributed by atoms with Crippen molar-refractivity contribution in [2.24, 2.45) is 5.73 Å². The molecule has 5 heteroatoms. The highest BCUT2D eigenvalue weighted by molar-refractivity contribution is 9.10. The molecule has 1 heterocycles. The Bertz CT molecular complexity index is 539. The molecule has 3 N–H and O–H groups in total. The van der Waals surface area contributed by atoms with Crippen molar-refractivity contribution in [1.29, 1.82) is 0 Å². The maximum atomic E-state index is 5.89. The van der Waals surface area contributed by atoms with Crippen molar-refractivity contribution in [2.75, 3.05) is 13.7 Å². The van der Waals surface area contributed by atoms with Crippen molar-refractivity contribution < 1.29 is 4.74 Å². The Morgan fingerprint density at radius 3 is 2.83 bits per heavy atom. The van der Waals surface area contributed by atoms with Gasteiger partial charge in [-0.25, -0.2) is 4.98 Å². The molecule has 1 aromatic heterocycles. The molecule has 0 spiro atoms. The van der Waals surface area contributed by atoms with E-state index in [9.17, 15) is 0 Å². The van der Waals surface area contributed by atoms with Gasteiger partial charge in [-0.15, -0.1) is 0 Å². The van der Waals surface area contributed by atoms with Gasteiger partial charge in [0.05, 0.1) is 19.2 Å². The lowest BCUT2D eigenvalue weighted by atomic mass is 9.96. The van der Waals surface area contributed by atoms with Crippen molar-refractivity contribution in [3.63, 3.8) is 0 Å². The Balaban J connectivity index is 2.47. The van der Waals surface area contributed by atoms with E-state index in [-0.39, 0.29) is 5.92 Å². The first-order chi connectivity index (χ1) is 8.65. The fourth-order valence-electron chi connectivity index (χ4n) is 2.00. The molecule has 1 unspecified atom stereocenters. The number of ether oxygens (including phenoxy) is 1. The average Bonchev–Trinajstić information content (AvgIpc) is 2.77. The van der Waals surface area contributed by atoms with Crippen LogP contribution in [-0.4, -0.2) is 23.6 Å². The van der Waals surface area contributed by atoms with Crippen molar-refractivity contribution in [3.8, 4) is 5.75 Å². The van der Waals surface area contributed by atoms with E-state index in [2.05, 4.69) is 38.9 Å². The molecule has 2 rings (SSSR count). The van der Waals surface area contributed by atoms with Gasteiger partial charge in [-0.05, 0) is 28.9 Å². The van der Waals surface area contributed by atoms with Crippen LogP contribution in [0, 0.1) is 6.92 Å². The first kappa shape index (κ1) is 13.1. The van der Waals surface area contributed by atoms with E-state index in [1.54, 1.807) is 13.3 Å². The van der Waals surface area contributed by atoms with Gasteiger partial charge in [0, 0.05) is 12.1 Å². The maximum Gasteiger partial charge on any atom is 0.122 e. The molecule has 4 nitrogen and oxygen atoms in total. The second-order valence-corrected chi connectivity index (χ2v) is 5.00. The Morgan fingerprint density at radius 2 is 2.28 bits per heavy atom. The normalized spacial score (nSPS) is 12.4. The third-order valence-corrected chi connectivity index (χ3v) is 3.29. The molecular formula is C13H16BrN3O. The van der Waals surface area contributed by atoms with E-state index in [4.69, 9.17) is 10.5 Å². The smallest absolute Gasteiger partial charge is 0.122 e. The number of methoxy groups -OCH3 is 1. The molecule has 96 valence electrons. The van der Waals surface area contributed by atoms with Crippen LogP contribution in [0.4, 0.5) is 0 Å². The lowest BCUT2D eigenvalue weighted by Gasteiger charge is -2.17. The number of aromatic amines is 1. The third kappa shape index (κ3) is 2.57. The highest BCUT2D eigenvalue weighted by Gasteiger charge is 2.19. The lowest BCUT2D eigenvalue weighted by Crippen LogP contribution is -2.16. The molecule has 0 bridgehead atoms. The number of rotatable bonds is 4. The van der Waals surface area contributed by atoms with Gasteiger partial charge >= 0.3 is 0 Å². The predicted octanol–water partition coefficient (Wildman–Crippen LogP) is 2.58. The summed E-state index contributed by atoms with van der Waals surface area (Å²) in [5.74, 6) is 1.68. The number of hydrogen-bond donors (Lipinski definition) is 2. The van der Waals surface area contributed by atoms with E-state index in [0.29, 0.717) is 6.54 Å². The SMILES string of the molecule is COc1ccc(C)cc1C(CN)c1ncc(Br)[nH]1. The number of aryl methyl sites for hydroxylation is 1. The number of halogens is 1. The first-order valence-corrected chi connectivity index (χ1v) is 6.50. The number of nitrogens with two attached hydrogens (primary N) is 1. The minimum Gasteiger partial charge on any atom is -0.496 e. The van der Waals surface area contributed by atoms with Gasteiger partial charge in [0.1, 0.15) is 16.2 Å². The highest BCUT2D eigenvalue weighted by Crippen LogP contribution is 2.31. The molecular weight excluding hydrogens is 294 g/mol. The summed E-state index contributed by atoms with van der Waals surface area (Å²) in [6.45, 7) is 2.52. The zero-order valence-corrected chi connectivity index (χ0v) is 12.0. The summed E-state index contributed by atoms with van der Waals surface area (Å²) in [7, 11) is 1.67. The van der Waals surface area contributed by atoms with Gasteiger partial charge in [0.25, 0.3) is 0 Å². The zero-order valence-electron chi connectivity index (χ0n) is 10.4. The number of nitrogens with zero attached hydrogens (tertiary/aromatic N) is 1. The molecule has 0 aliphatic rings. The molecule has 0 amide bonds. The van der Waals surface area contributed by atoms with E-state index in [1.165, 1.54) is 5.56 Å². The number of aromatic nitrogens is 2. The summed E-state index contributed by atoms with van der Waals surface area (Å²) in [6, 6.07) is 6.08. The fourth-order valence-corrected chi connectivity index (χ4v) is 2.31. The van der Waals surface area contributed by atoms with Gasteiger partial charge in [0.2, 0.25) is 0 Å². The molecule has 0 aliphatic heterocycles. The first-order valence-electron chi connectivity index (χ1n) is 5.70. The van der Waals surface area contributed by atoms with E-state index < -0.39 is 0 Å². The van der Waals surface area contributed by atoms with Gasteiger partial charge in [-0.1, -0.05) is 17.7 Å². The Morgan fingerprint density at radius 1 is 1.50 bits per heavy atom. The van der Waals surface area contributed by atoms with Gasteiger partial charge < -0.3 is 15.5 Å². The van der Waals surface area contributed by atoms with Crippen LogP contribution in [0.15, 0.2) is 29.0 Å². The number of benzene rings is 1. The summed E-state index contributed by atoms with van der Waals surface area (Å²) in [5, 5.41) is 0. The molecule has 0 radical (unpaired) electrons. The fraction of sp³-hybridized carbons (Fsp3) is 0.308. The van der Waals surface area contributed by atoms with Gasteiger partial charge in [-0.2, -0.15) is 0 Å². The standard InChI is InChI=1S/C13H16BrN3O/c1-8-3-4-11(18-2)9(5-8)10(6-15)13-16-7-12(14)17-13/h3-5,7,10H,6,15H2,1-2H3,(H,16,17).